The summed E-state index contributed by atoms with van der Waals surface area (Å²) in [7, 11) is 0. The van der Waals surface area contributed by atoms with Gasteiger partial charge in [-0.1, -0.05) is 13.0 Å². The zero-order valence-electron chi connectivity index (χ0n) is 10.9. The van der Waals surface area contributed by atoms with E-state index >= 15 is 0 Å². The number of carbonyl (C=O) groups is 2. The molecule has 1 aliphatic heterocycles. The van der Waals surface area contributed by atoms with E-state index in [1.165, 1.54) is 0 Å². The summed E-state index contributed by atoms with van der Waals surface area (Å²) < 4.78 is 5.62. The van der Waals surface area contributed by atoms with Crippen LogP contribution >= 0.6 is 0 Å². The lowest BCUT2D eigenvalue weighted by Gasteiger charge is -2.31. The molecule has 2 heterocycles. The van der Waals surface area contributed by atoms with Crippen LogP contribution in [0, 0.1) is 0 Å². The minimum Gasteiger partial charge on any atom is -0.423 e. The van der Waals surface area contributed by atoms with E-state index in [0.717, 1.165) is 0 Å². The number of fused-ring (bicyclic) bond motifs is 1. The minimum atomic E-state index is -0.470. The first-order valence-corrected chi connectivity index (χ1v) is 6.35. The first-order chi connectivity index (χ1) is 9.60. The Labute approximate surface area is 114 Å². The minimum absolute atomic E-state index is 0.0387. The molecule has 1 aliphatic rings. The summed E-state index contributed by atoms with van der Waals surface area (Å²) in [6.07, 6.45) is 0.549. The van der Waals surface area contributed by atoms with E-state index in [9.17, 15) is 9.59 Å². The molecule has 104 valence electrons. The number of nitrogen functional groups attached to an aromatic ring is 1. The van der Waals surface area contributed by atoms with Crippen molar-refractivity contribution in [3.05, 3.63) is 18.2 Å². The van der Waals surface area contributed by atoms with Crippen molar-refractivity contribution in [2.45, 2.75) is 19.4 Å². The van der Waals surface area contributed by atoms with Gasteiger partial charge in [-0.25, -0.2) is 0 Å². The van der Waals surface area contributed by atoms with Gasteiger partial charge in [0, 0.05) is 0 Å². The molecule has 0 spiro atoms. The van der Waals surface area contributed by atoms with Gasteiger partial charge in [0.1, 0.15) is 18.1 Å². The Morgan fingerprint density at radius 2 is 2.30 bits per heavy atom. The number of nitrogens with two attached hydrogens (primary N) is 1. The molecule has 7 nitrogen and oxygen atoms in total. The number of piperazine rings is 1. The van der Waals surface area contributed by atoms with Crippen LogP contribution in [0.15, 0.2) is 22.6 Å². The highest BCUT2D eigenvalue weighted by atomic mass is 16.4. The summed E-state index contributed by atoms with van der Waals surface area (Å²) in [5.74, 6) is -0.700. The average molecular weight is 274 g/mol. The molecule has 1 fully saturated rings. The lowest BCUT2D eigenvalue weighted by molar-refractivity contribution is -0.133. The molecular weight excluding hydrogens is 260 g/mol. The Kier molecular flexibility index (Phi) is 2.81. The standard InChI is InChI=1S/C13H14N4O3/c1-2-8-12(19)15-10(18)6-17(8)13-16-11-7(14)4-3-5-9(11)20-13/h3-5,8H,2,6,14H2,1H3,(H,15,18,19). The van der Waals surface area contributed by atoms with Gasteiger partial charge < -0.3 is 15.1 Å². The fourth-order valence-corrected chi connectivity index (χ4v) is 2.35. The van der Waals surface area contributed by atoms with Crippen molar-refractivity contribution in [1.29, 1.82) is 0 Å². The molecule has 1 atom stereocenters. The number of para-hydroxylation sites is 1. The SMILES string of the molecule is CCC1C(=O)NC(=O)CN1c1nc2c(N)cccc2o1. The number of anilines is 2. The fourth-order valence-electron chi connectivity index (χ4n) is 2.35. The van der Waals surface area contributed by atoms with Crippen molar-refractivity contribution in [3.8, 4) is 0 Å². The normalized spacial score (nSPS) is 19.4. The van der Waals surface area contributed by atoms with Gasteiger partial charge in [0.25, 0.3) is 6.01 Å². The van der Waals surface area contributed by atoms with Gasteiger partial charge in [0.05, 0.1) is 5.69 Å². The molecule has 2 aromatic rings. The number of hydrogen-bond donors (Lipinski definition) is 2. The summed E-state index contributed by atoms with van der Waals surface area (Å²) in [5, 5.41) is 2.31. The third-order valence-electron chi connectivity index (χ3n) is 3.33. The summed E-state index contributed by atoms with van der Waals surface area (Å²) in [5.41, 5.74) is 7.41. The molecular formula is C13H14N4O3. The quantitative estimate of drug-likeness (QED) is 0.616. The molecule has 3 rings (SSSR count). The van der Waals surface area contributed by atoms with E-state index in [1.807, 2.05) is 6.92 Å². The van der Waals surface area contributed by atoms with Crippen LogP contribution in [-0.4, -0.2) is 29.4 Å². The second-order valence-electron chi connectivity index (χ2n) is 4.65. The highest BCUT2D eigenvalue weighted by Crippen LogP contribution is 2.28. The predicted molar refractivity (Wildman–Crippen MR) is 73.0 cm³/mol. The van der Waals surface area contributed by atoms with Crippen molar-refractivity contribution < 1.29 is 14.0 Å². The van der Waals surface area contributed by atoms with Gasteiger partial charge in [-0.2, -0.15) is 4.98 Å². The Bertz CT molecular complexity index is 694. The van der Waals surface area contributed by atoms with Crippen LogP contribution in [0.3, 0.4) is 0 Å². The zero-order chi connectivity index (χ0) is 14.3. The molecule has 1 saturated heterocycles. The second-order valence-corrected chi connectivity index (χ2v) is 4.65. The molecule has 1 unspecified atom stereocenters. The van der Waals surface area contributed by atoms with E-state index in [0.29, 0.717) is 23.2 Å². The summed E-state index contributed by atoms with van der Waals surface area (Å²) in [4.78, 5) is 29.2. The first kappa shape index (κ1) is 12.5. The number of aromatic nitrogens is 1. The number of hydrogen-bond acceptors (Lipinski definition) is 6. The largest absolute Gasteiger partial charge is 0.423 e. The van der Waals surface area contributed by atoms with Crippen LogP contribution in [0.4, 0.5) is 11.7 Å². The van der Waals surface area contributed by atoms with Gasteiger partial charge in [-0.05, 0) is 18.6 Å². The Hall–Kier alpha value is -2.57. The molecule has 0 aliphatic carbocycles. The molecule has 20 heavy (non-hydrogen) atoms. The third-order valence-corrected chi connectivity index (χ3v) is 3.33. The maximum Gasteiger partial charge on any atom is 0.299 e. The van der Waals surface area contributed by atoms with E-state index in [-0.39, 0.29) is 24.4 Å². The van der Waals surface area contributed by atoms with Gasteiger partial charge >= 0.3 is 0 Å². The monoisotopic (exact) mass is 274 g/mol. The maximum absolute atomic E-state index is 11.8. The molecule has 0 bridgehead atoms. The summed E-state index contributed by atoms with van der Waals surface area (Å²) >= 11 is 0. The van der Waals surface area contributed by atoms with Crippen molar-refractivity contribution in [1.82, 2.24) is 10.3 Å². The number of oxazole rings is 1. The smallest absolute Gasteiger partial charge is 0.299 e. The van der Waals surface area contributed by atoms with Crippen LogP contribution in [0.25, 0.3) is 11.1 Å². The molecule has 2 amide bonds. The lowest BCUT2D eigenvalue weighted by Crippen LogP contribution is -2.58. The van der Waals surface area contributed by atoms with E-state index < -0.39 is 6.04 Å². The van der Waals surface area contributed by atoms with Crippen molar-refractivity contribution >= 4 is 34.6 Å². The van der Waals surface area contributed by atoms with Crippen LogP contribution in [0.2, 0.25) is 0 Å². The van der Waals surface area contributed by atoms with Gasteiger partial charge in [-0.3, -0.25) is 14.9 Å². The third kappa shape index (κ3) is 1.87. The van der Waals surface area contributed by atoms with Crippen LogP contribution in [0.5, 0.6) is 0 Å². The highest BCUT2D eigenvalue weighted by molar-refractivity contribution is 6.04. The van der Waals surface area contributed by atoms with Crippen LogP contribution in [-0.2, 0) is 9.59 Å². The Morgan fingerprint density at radius 3 is 3.00 bits per heavy atom. The predicted octanol–water partition coefficient (Wildman–Crippen LogP) is 0.651. The van der Waals surface area contributed by atoms with Gasteiger partial charge in [-0.15, -0.1) is 0 Å². The topological polar surface area (TPSA) is 101 Å². The number of nitrogens with zero attached hydrogens (tertiary/aromatic N) is 2. The molecule has 0 saturated carbocycles. The fraction of sp³-hybridized carbons (Fsp3) is 0.308. The Balaban J connectivity index is 2.06. The van der Waals surface area contributed by atoms with Crippen LogP contribution in [0.1, 0.15) is 13.3 Å². The lowest BCUT2D eigenvalue weighted by atomic mass is 10.1. The molecule has 3 N–H and O–H groups in total. The van der Waals surface area contributed by atoms with Crippen LogP contribution < -0.4 is 16.0 Å². The van der Waals surface area contributed by atoms with Crippen molar-refractivity contribution in [2.75, 3.05) is 17.2 Å². The number of rotatable bonds is 2. The number of nitrogens with one attached hydrogen (secondary N) is 1. The van der Waals surface area contributed by atoms with E-state index in [1.54, 1.807) is 23.1 Å². The van der Waals surface area contributed by atoms with E-state index in [4.69, 9.17) is 10.2 Å². The summed E-state index contributed by atoms with van der Waals surface area (Å²) in [6, 6.07) is 5.00. The zero-order valence-corrected chi connectivity index (χ0v) is 10.9. The number of imide groups is 1. The van der Waals surface area contributed by atoms with Gasteiger partial charge in [0.2, 0.25) is 11.8 Å². The first-order valence-electron chi connectivity index (χ1n) is 6.35. The molecule has 1 aromatic heterocycles. The van der Waals surface area contributed by atoms with Crippen molar-refractivity contribution in [2.24, 2.45) is 0 Å². The Morgan fingerprint density at radius 1 is 1.50 bits per heavy atom. The number of carbonyl (C=O) groups excluding carboxylic acids is 2. The van der Waals surface area contributed by atoms with Gasteiger partial charge in [0.15, 0.2) is 5.58 Å². The highest BCUT2D eigenvalue weighted by Gasteiger charge is 2.35. The number of amides is 2. The average Bonchev–Trinajstić information content (AvgIpc) is 2.83. The van der Waals surface area contributed by atoms with Crippen molar-refractivity contribution in [3.63, 3.8) is 0 Å². The molecule has 7 heteroatoms. The number of benzene rings is 1. The maximum atomic E-state index is 11.8. The molecule has 1 aromatic carbocycles. The molecule has 0 radical (unpaired) electrons. The second kappa shape index (κ2) is 4.52. The summed E-state index contributed by atoms with van der Waals surface area (Å²) in [6.45, 7) is 1.90. The van der Waals surface area contributed by atoms with E-state index in [2.05, 4.69) is 10.3 Å².